The largest absolute Gasteiger partial charge is 0.573 e. The molecule has 2 saturated heterocycles. The fraction of sp³-hybridized carbons (Fsp3) is 0.529. The number of thioether (sulfide) groups is 1. The fourth-order valence-electron chi connectivity index (χ4n) is 3.05. The molecule has 0 radical (unpaired) electrons. The summed E-state index contributed by atoms with van der Waals surface area (Å²) in [6.07, 6.45) is -4.18. The number of hydrogen-bond acceptors (Lipinski definition) is 5. The van der Waals surface area contributed by atoms with E-state index in [1.54, 1.807) is 11.8 Å². The van der Waals surface area contributed by atoms with E-state index in [-0.39, 0.29) is 34.3 Å². The summed E-state index contributed by atoms with van der Waals surface area (Å²) in [6, 6.07) is 4.68. The predicted molar refractivity (Wildman–Crippen MR) is 101 cm³/mol. The number of nitrogens with zero attached hydrogens (tertiary/aromatic N) is 2. The Balaban J connectivity index is 1.93. The van der Waals surface area contributed by atoms with Crippen molar-refractivity contribution in [3.05, 3.63) is 24.3 Å². The number of aliphatic imine (C=N–C) groups is 1. The molecule has 1 amide bonds. The topological polar surface area (TPSA) is 76.0 Å². The summed E-state index contributed by atoms with van der Waals surface area (Å²) < 4.78 is 65.0. The van der Waals surface area contributed by atoms with Crippen molar-refractivity contribution in [3.63, 3.8) is 0 Å². The number of amides is 1. The summed E-state index contributed by atoms with van der Waals surface area (Å²) in [6.45, 7) is 3.62. The van der Waals surface area contributed by atoms with Crippen molar-refractivity contribution < 1.29 is 31.1 Å². The zero-order chi connectivity index (χ0) is 20.7. The van der Waals surface area contributed by atoms with Crippen molar-refractivity contribution >= 4 is 38.4 Å². The monoisotopic (exact) mass is 436 g/mol. The number of carbonyl (C=O) groups excluding carboxylic acids is 1. The van der Waals surface area contributed by atoms with Gasteiger partial charge in [0.15, 0.2) is 15.0 Å². The van der Waals surface area contributed by atoms with E-state index in [0.29, 0.717) is 17.3 Å². The Morgan fingerprint density at radius 3 is 2.54 bits per heavy atom. The number of anilines is 1. The normalized spacial score (nSPS) is 26.3. The number of benzene rings is 1. The molecule has 2 heterocycles. The second kappa shape index (κ2) is 7.58. The number of sulfone groups is 1. The van der Waals surface area contributed by atoms with E-state index in [2.05, 4.69) is 9.73 Å². The highest BCUT2D eigenvalue weighted by Crippen LogP contribution is 2.41. The number of ether oxygens (including phenoxy) is 1. The maximum Gasteiger partial charge on any atom is 0.573 e. The number of rotatable bonds is 4. The Morgan fingerprint density at radius 2 is 1.96 bits per heavy atom. The lowest BCUT2D eigenvalue weighted by Gasteiger charge is -2.25. The second-order valence-electron chi connectivity index (χ2n) is 6.75. The summed E-state index contributed by atoms with van der Waals surface area (Å²) >= 11 is 1.22. The minimum Gasteiger partial charge on any atom is -0.406 e. The lowest BCUT2D eigenvalue weighted by molar-refractivity contribution is -0.274. The molecule has 1 aromatic rings. The van der Waals surface area contributed by atoms with Gasteiger partial charge in [-0.2, -0.15) is 4.99 Å². The van der Waals surface area contributed by atoms with Crippen molar-refractivity contribution in [1.29, 1.82) is 0 Å². The van der Waals surface area contributed by atoms with Gasteiger partial charge >= 0.3 is 6.36 Å². The van der Waals surface area contributed by atoms with Crippen molar-refractivity contribution in [3.8, 4) is 5.75 Å². The highest BCUT2D eigenvalue weighted by molar-refractivity contribution is 8.16. The third-order valence-corrected chi connectivity index (χ3v) is 7.86. The summed E-state index contributed by atoms with van der Waals surface area (Å²) in [4.78, 5) is 18.1. The van der Waals surface area contributed by atoms with Crippen molar-refractivity contribution in [2.45, 2.75) is 37.9 Å². The number of amidine groups is 1. The number of hydrogen-bond donors (Lipinski definition) is 0. The summed E-state index contributed by atoms with van der Waals surface area (Å²) in [7, 11) is -3.23. The zero-order valence-electron chi connectivity index (χ0n) is 15.1. The van der Waals surface area contributed by atoms with Crippen LogP contribution in [0.25, 0.3) is 0 Å². The Morgan fingerprint density at radius 1 is 1.32 bits per heavy atom. The third kappa shape index (κ3) is 4.62. The van der Waals surface area contributed by atoms with Gasteiger partial charge in [0.05, 0.1) is 17.5 Å². The number of halogens is 3. The van der Waals surface area contributed by atoms with Crippen molar-refractivity contribution in [2.75, 3.05) is 16.4 Å². The lowest BCUT2D eigenvalue weighted by Crippen LogP contribution is -2.37. The lowest BCUT2D eigenvalue weighted by atomic mass is 10.1. The van der Waals surface area contributed by atoms with Gasteiger partial charge in [0, 0.05) is 16.9 Å². The van der Waals surface area contributed by atoms with E-state index in [1.165, 1.54) is 23.9 Å². The number of fused-ring (bicyclic) bond motifs is 1. The van der Waals surface area contributed by atoms with E-state index in [0.717, 1.165) is 12.1 Å². The van der Waals surface area contributed by atoms with E-state index >= 15 is 0 Å². The van der Waals surface area contributed by atoms with Crippen LogP contribution >= 0.6 is 11.8 Å². The van der Waals surface area contributed by atoms with Gasteiger partial charge in [-0.05, 0) is 30.7 Å². The Kier molecular flexibility index (Phi) is 5.68. The molecule has 0 aliphatic carbocycles. The van der Waals surface area contributed by atoms with Gasteiger partial charge in [0.2, 0.25) is 0 Å². The fourth-order valence-corrected chi connectivity index (χ4v) is 6.97. The zero-order valence-corrected chi connectivity index (χ0v) is 16.8. The molecule has 0 saturated carbocycles. The second-order valence-corrected chi connectivity index (χ2v) is 10.1. The first kappa shape index (κ1) is 21.0. The van der Waals surface area contributed by atoms with E-state index in [4.69, 9.17) is 0 Å². The first-order valence-electron chi connectivity index (χ1n) is 8.64. The van der Waals surface area contributed by atoms with Crippen LogP contribution in [0.4, 0.5) is 18.9 Å². The first-order chi connectivity index (χ1) is 13.0. The van der Waals surface area contributed by atoms with E-state index < -0.39 is 22.2 Å². The van der Waals surface area contributed by atoms with Crippen LogP contribution in [0, 0.1) is 5.92 Å². The van der Waals surface area contributed by atoms with Gasteiger partial charge in [-0.15, -0.1) is 13.2 Å². The molecular formula is C17H19F3N2O4S2. The summed E-state index contributed by atoms with van der Waals surface area (Å²) in [5.41, 5.74) is 0.460. The molecule has 2 fully saturated rings. The van der Waals surface area contributed by atoms with Crippen LogP contribution in [0.5, 0.6) is 5.75 Å². The van der Waals surface area contributed by atoms with Crippen LogP contribution in [-0.4, -0.2) is 48.7 Å². The molecular weight excluding hydrogens is 417 g/mol. The molecule has 2 aliphatic heterocycles. The molecule has 3 atom stereocenters. The van der Waals surface area contributed by atoms with Crippen LogP contribution in [-0.2, 0) is 14.6 Å². The van der Waals surface area contributed by atoms with Gasteiger partial charge in [-0.3, -0.25) is 4.79 Å². The maximum atomic E-state index is 12.4. The molecule has 0 spiro atoms. The van der Waals surface area contributed by atoms with Crippen LogP contribution in [0.1, 0.15) is 20.3 Å². The molecule has 28 heavy (non-hydrogen) atoms. The Labute approximate surface area is 165 Å². The molecule has 0 unspecified atom stereocenters. The van der Waals surface area contributed by atoms with Gasteiger partial charge in [0.1, 0.15) is 5.75 Å². The number of carbonyl (C=O) groups is 1. The standard InChI is InChI=1S/C17H19F3N2O4S2/c1-3-10(2)15(23)21-16-22(13-8-28(24,25)9-14(13)27-16)11-4-6-12(7-5-11)26-17(18,19)20/h4-7,10,13-14H,3,8-9H2,1-2H3/t10-,13-,14-/m0/s1. The molecule has 3 rings (SSSR count). The minimum absolute atomic E-state index is 0.0232. The van der Waals surface area contributed by atoms with Crippen LogP contribution in [0.3, 0.4) is 0 Å². The molecule has 2 aliphatic rings. The molecule has 0 N–H and O–H groups in total. The van der Waals surface area contributed by atoms with Crippen LogP contribution in [0.15, 0.2) is 29.3 Å². The van der Waals surface area contributed by atoms with Crippen molar-refractivity contribution in [1.82, 2.24) is 0 Å². The molecule has 6 nitrogen and oxygen atoms in total. The molecule has 154 valence electrons. The summed E-state index contributed by atoms with van der Waals surface area (Å²) in [5.74, 6) is -1.09. The maximum absolute atomic E-state index is 12.4. The van der Waals surface area contributed by atoms with Gasteiger partial charge in [0.25, 0.3) is 5.91 Å². The number of alkyl halides is 3. The van der Waals surface area contributed by atoms with Crippen molar-refractivity contribution in [2.24, 2.45) is 10.9 Å². The SMILES string of the molecule is CC[C@H](C)C(=O)N=C1S[C@H]2CS(=O)(=O)C[C@@H]2N1c1ccc(OC(F)(F)F)cc1. The van der Waals surface area contributed by atoms with Crippen LogP contribution in [0.2, 0.25) is 0 Å². The van der Waals surface area contributed by atoms with E-state index in [9.17, 15) is 26.4 Å². The summed E-state index contributed by atoms with van der Waals surface area (Å²) in [5, 5.41) is 0.0966. The average molecular weight is 436 g/mol. The smallest absolute Gasteiger partial charge is 0.406 e. The minimum atomic E-state index is -4.80. The van der Waals surface area contributed by atoms with Gasteiger partial charge in [-0.1, -0.05) is 25.6 Å². The quantitative estimate of drug-likeness (QED) is 0.721. The first-order valence-corrected chi connectivity index (χ1v) is 11.3. The molecule has 0 aromatic heterocycles. The average Bonchev–Trinajstić information content (AvgIpc) is 3.04. The van der Waals surface area contributed by atoms with Crippen LogP contribution < -0.4 is 9.64 Å². The Hall–Kier alpha value is -1.75. The Bertz CT molecular complexity index is 885. The third-order valence-electron chi connectivity index (χ3n) is 4.65. The molecule has 11 heteroatoms. The highest BCUT2D eigenvalue weighted by Gasteiger charge is 2.49. The predicted octanol–water partition coefficient (Wildman–Crippen LogP) is 3.23. The van der Waals surface area contributed by atoms with Gasteiger partial charge < -0.3 is 9.64 Å². The molecule has 1 aromatic carbocycles. The van der Waals surface area contributed by atoms with Gasteiger partial charge in [-0.25, -0.2) is 8.42 Å². The van der Waals surface area contributed by atoms with E-state index in [1.807, 2.05) is 6.92 Å². The molecule has 0 bridgehead atoms. The highest BCUT2D eigenvalue weighted by atomic mass is 32.2.